The fourth-order valence-corrected chi connectivity index (χ4v) is 4.58. The predicted octanol–water partition coefficient (Wildman–Crippen LogP) is 0.371. The number of hydrogen-bond acceptors (Lipinski definition) is 13. The average molecular weight is 444 g/mol. The maximum Gasteiger partial charge on any atom is 0.376 e. The smallest absolute Gasteiger partial charge is 0.365 e. The Morgan fingerprint density at radius 1 is 0.808 bits per heavy atom. The van der Waals surface area contributed by atoms with Crippen LogP contribution in [0.2, 0.25) is 0 Å². The molecule has 0 aliphatic carbocycles. The van der Waals surface area contributed by atoms with Crippen molar-refractivity contribution >= 4 is 23.4 Å². The first-order valence-electron chi connectivity index (χ1n) is 7.10. The van der Waals surface area contributed by atoms with Crippen molar-refractivity contribution in [3.63, 3.8) is 0 Å². The largest absolute Gasteiger partial charge is 0.376 e. The number of nitrogens with two attached hydrogens (primary N) is 2. The highest BCUT2D eigenvalue weighted by molar-refractivity contribution is 7.55. The zero-order valence-electron chi connectivity index (χ0n) is 14.9. The topological polar surface area (TPSA) is 199 Å². The molecule has 0 fully saturated rings. The predicted molar refractivity (Wildman–Crippen MR) is 91.7 cm³/mol. The van der Waals surface area contributed by atoms with E-state index in [1.165, 1.54) is 0 Å². The lowest BCUT2D eigenvalue weighted by Gasteiger charge is -2.29. The lowest BCUT2D eigenvalue weighted by molar-refractivity contribution is 0.0542. The van der Waals surface area contributed by atoms with E-state index in [2.05, 4.69) is 18.1 Å². The third-order valence-electron chi connectivity index (χ3n) is 3.29. The minimum absolute atomic E-state index is 0.400. The van der Waals surface area contributed by atoms with Crippen molar-refractivity contribution < 1.29 is 51.1 Å². The molecule has 158 valence electrons. The van der Waals surface area contributed by atoms with E-state index in [-0.39, 0.29) is 0 Å². The summed E-state index contributed by atoms with van der Waals surface area (Å²) in [5.74, 6) is 0. The monoisotopic (exact) mass is 444 g/mol. The van der Waals surface area contributed by atoms with E-state index in [9.17, 15) is 23.9 Å². The van der Waals surface area contributed by atoms with Crippen LogP contribution in [0.1, 0.15) is 12.8 Å². The van der Waals surface area contributed by atoms with Crippen molar-refractivity contribution in [1.29, 1.82) is 0 Å². The van der Waals surface area contributed by atoms with E-state index in [1.54, 1.807) is 0 Å². The van der Waals surface area contributed by atoms with Crippen molar-refractivity contribution in [2.24, 2.45) is 11.5 Å². The highest BCUT2D eigenvalue weighted by Crippen LogP contribution is 2.57. The van der Waals surface area contributed by atoms with Crippen molar-refractivity contribution in [2.45, 2.75) is 23.8 Å². The van der Waals surface area contributed by atoms with Gasteiger partial charge in [-0.2, -0.15) is 0 Å². The first kappa shape index (κ1) is 26.3. The molecule has 0 aromatic carbocycles. The van der Waals surface area contributed by atoms with Crippen LogP contribution < -0.4 is 11.5 Å². The second-order valence-corrected chi connectivity index (χ2v) is 11.0. The fourth-order valence-electron chi connectivity index (χ4n) is 1.67. The molecule has 0 amide bonds. The van der Waals surface area contributed by atoms with Crippen molar-refractivity contribution in [1.82, 2.24) is 0 Å². The molecule has 0 radical (unpaired) electrons. The second kappa shape index (κ2) is 10.7. The van der Waals surface area contributed by atoms with Crippen LogP contribution >= 0.6 is 23.4 Å². The zero-order valence-corrected chi connectivity index (χ0v) is 17.7. The maximum absolute atomic E-state index is 12.0. The van der Waals surface area contributed by atoms with E-state index < -0.39 is 60.4 Å². The van der Waals surface area contributed by atoms with Gasteiger partial charge >= 0.3 is 23.4 Å². The molecule has 2 atom stereocenters. The number of aliphatic hydroxyl groups is 2. The highest BCUT2D eigenvalue weighted by atomic mass is 31.2. The molecule has 0 rings (SSSR count). The summed E-state index contributed by atoms with van der Waals surface area (Å²) in [6, 6.07) is 0. The molecule has 2 unspecified atom stereocenters. The van der Waals surface area contributed by atoms with E-state index in [0.717, 1.165) is 28.4 Å². The zero-order chi connectivity index (χ0) is 20.6. The lowest BCUT2D eigenvalue weighted by atomic mass is 10.4. The van der Waals surface area contributed by atoms with Crippen LogP contribution in [-0.4, -0.2) is 62.8 Å². The molecule has 13 nitrogen and oxygen atoms in total. The molecule has 0 saturated carbocycles. The van der Waals surface area contributed by atoms with Crippen LogP contribution in [0.4, 0.5) is 0 Å². The van der Waals surface area contributed by atoms with Crippen molar-refractivity contribution in [2.75, 3.05) is 41.7 Å². The van der Waals surface area contributed by atoms with Crippen LogP contribution in [0.3, 0.4) is 0 Å². The first-order chi connectivity index (χ1) is 11.8. The Morgan fingerprint density at radius 3 is 1.31 bits per heavy atom. The molecule has 0 saturated heterocycles. The Bertz CT molecular complexity index is 494. The molecular weight excluding hydrogens is 417 g/mol. The quantitative estimate of drug-likeness (QED) is 0.212. The van der Waals surface area contributed by atoms with E-state index >= 15 is 0 Å². The molecule has 0 aromatic heterocycles. The van der Waals surface area contributed by atoms with E-state index in [1.807, 2.05) is 0 Å². The number of rotatable bonds is 14. The van der Waals surface area contributed by atoms with Gasteiger partial charge in [-0.05, 0) is 0 Å². The van der Waals surface area contributed by atoms with Crippen molar-refractivity contribution in [3.05, 3.63) is 0 Å². The van der Waals surface area contributed by atoms with Gasteiger partial charge in [-0.3, -0.25) is 25.2 Å². The molecule has 16 heteroatoms. The summed E-state index contributed by atoms with van der Waals surface area (Å²) in [7, 11) is -6.90. The molecule has 0 aliphatic rings. The molecule has 6 N–H and O–H groups in total. The van der Waals surface area contributed by atoms with Gasteiger partial charge in [0.2, 0.25) is 10.9 Å². The average Bonchev–Trinajstić information content (AvgIpc) is 2.59. The summed E-state index contributed by atoms with van der Waals surface area (Å²) in [4.78, 5) is 0. The number of hydrogen-bond donors (Lipinski definition) is 4. The van der Waals surface area contributed by atoms with E-state index in [4.69, 9.17) is 20.5 Å². The van der Waals surface area contributed by atoms with Gasteiger partial charge in [0.25, 0.3) is 0 Å². The van der Waals surface area contributed by atoms with Crippen molar-refractivity contribution in [3.8, 4) is 0 Å². The van der Waals surface area contributed by atoms with Gasteiger partial charge < -0.3 is 37.4 Å². The molecular formula is C10H27N2O11P3. The molecule has 0 heterocycles. The molecule has 0 aliphatic heterocycles. The van der Waals surface area contributed by atoms with Crippen LogP contribution in [0.15, 0.2) is 0 Å². The normalized spacial score (nSPS) is 18.9. The Kier molecular flexibility index (Phi) is 10.9. The highest BCUT2D eigenvalue weighted by Gasteiger charge is 2.46. The molecule has 0 aromatic rings. The van der Waals surface area contributed by atoms with Gasteiger partial charge in [0.05, 0.1) is 13.2 Å². The maximum atomic E-state index is 12.0. The van der Waals surface area contributed by atoms with Gasteiger partial charge in [-0.1, -0.05) is 0 Å². The fraction of sp³-hybridized carbons (Fsp3) is 1.00. The summed E-state index contributed by atoms with van der Waals surface area (Å²) < 4.78 is 63.6. The third-order valence-corrected chi connectivity index (χ3v) is 8.44. The van der Waals surface area contributed by atoms with Gasteiger partial charge in [0.1, 0.15) is 0 Å². The van der Waals surface area contributed by atoms with Crippen LogP contribution in [0.25, 0.3) is 0 Å². The van der Waals surface area contributed by atoms with Gasteiger partial charge in [-0.15, -0.1) is 0 Å². The molecule has 0 bridgehead atoms. The summed E-state index contributed by atoms with van der Waals surface area (Å²) in [6.07, 6.45) is -0.871. The second-order valence-electron chi connectivity index (χ2n) is 4.93. The van der Waals surface area contributed by atoms with Gasteiger partial charge in [-0.25, -0.2) is 0 Å². The standard InChI is InChI=1S/C10H27N2O11P3/c1-18-25(16,19-2)9(11,13)5-7-22-24(15)23-8-6-10(12,14)26(17,20-3)21-4/h13-14,24H,5-8,11-12H2,1-4H3. The van der Waals surface area contributed by atoms with E-state index in [0.29, 0.717) is 0 Å². The van der Waals surface area contributed by atoms with Crippen LogP contribution in [0, 0.1) is 0 Å². The molecule has 26 heavy (non-hydrogen) atoms. The molecule has 0 spiro atoms. The Labute approximate surface area is 152 Å². The van der Waals surface area contributed by atoms with Crippen LogP contribution in [0.5, 0.6) is 0 Å². The Hall–Kier alpha value is 0.290. The Morgan fingerprint density at radius 2 is 1.08 bits per heavy atom. The SMILES string of the molecule is COP(=O)(OC)C(N)(O)CCO[PH](=O)OCCC(N)(O)P(=O)(OC)OC. The first-order valence-corrected chi connectivity index (χ1v) is 11.4. The van der Waals surface area contributed by atoms with Gasteiger partial charge in [0.15, 0.2) is 0 Å². The van der Waals surface area contributed by atoms with Crippen LogP contribution in [-0.2, 0) is 40.8 Å². The lowest BCUT2D eigenvalue weighted by Crippen LogP contribution is -2.41. The summed E-state index contributed by atoms with van der Waals surface area (Å²) in [6.45, 7) is -0.800. The Balaban J connectivity index is 4.42. The third kappa shape index (κ3) is 6.72. The minimum atomic E-state index is -4.00. The summed E-state index contributed by atoms with van der Waals surface area (Å²) in [5, 5.41) is 19.8. The van der Waals surface area contributed by atoms with Gasteiger partial charge in [0, 0.05) is 41.3 Å². The summed E-state index contributed by atoms with van der Waals surface area (Å²) in [5.41, 5.74) is 6.20. The summed E-state index contributed by atoms with van der Waals surface area (Å²) >= 11 is 0. The minimum Gasteiger partial charge on any atom is -0.365 e.